The third-order valence-corrected chi connectivity index (χ3v) is 1.20. The van der Waals surface area contributed by atoms with Crippen LogP contribution in [0.4, 0.5) is 0 Å². The van der Waals surface area contributed by atoms with Crippen LogP contribution in [0.5, 0.6) is 0 Å². The van der Waals surface area contributed by atoms with Gasteiger partial charge in [-0.2, -0.15) is 0 Å². The van der Waals surface area contributed by atoms with E-state index in [-0.39, 0.29) is 0 Å². The van der Waals surface area contributed by atoms with Gasteiger partial charge in [0.15, 0.2) is 0 Å². The maximum atomic E-state index is 5.65. The van der Waals surface area contributed by atoms with Gasteiger partial charge in [-0.3, -0.25) is 0 Å². The highest BCUT2D eigenvalue weighted by atomic mass is 35.5. The number of hydrogen-bond acceptors (Lipinski definition) is 0. The lowest BCUT2D eigenvalue weighted by Crippen LogP contribution is -1.61. The van der Waals surface area contributed by atoms with E-state index >= 15 is 0 Å². The van der Waals surface area contributed by atoms with Gasteiger partial charge < -0.3 is 0 Å². The fraction of sp³-hybridized carbons (Fsp3) is 0.556. The maximum absolute atomic E-state index is 5.65. The van der Waals surface area contributed by atoms with E-state index in [0.717, 1.165) is 11.5 Å². The molecule has 0 spiro atoms. The third-order valence-electron chi connectivity index (χ3n) is 0.807. The Hall–Kier alpha value is -0.230. The molecule has 0 atom stereocenters. The molecule has 0 bridgehead atoms. The monoisotopic (exact) mass is 160 g/mol. The second kappa shape index (κ2) is 11.6. The molecule has 0 aromatic heterocycles. The Kier molecular flexibility index (Phi) is 14.4. The van der Waals surface area contributed by atoms with E-state index < -0.39 is 0 Å². The molecule has 1 heteroatoms. The predicted molar refractivity (Wildman–Crippen MR) is 50.4 cm³/mol. The van der Waals surface area contributed by atoms with Crippen molar-refractivity contribution in [3.05, 3.63) is 23.3 Å². The Morgan fingerprint density at radius 3 is 2.20 bits per heavy atom. The third kappa shape index (κ3) is 10.7. The Morgan fingerprint density at radius 1 is 1.40 bits per heavy atom. The molecule has 0 heterocycles. The largest absolute Gasteiger partial charge is 0.0892 e. The van der Waals surface area contributed by atoms with Crippen molar-refractivity contribution in [2.45, 2.75) is 34.1 Å². The summed E-state index contributed by atoms with van der Waals surface area (Å²) in [4.78, 5) is 0. The Morgan fingerprint density at radius 2 is 1.90 bits per heavy atom. The van der Waals surface area contributed by atoms with E-state index in [1.807, 2.05) is 45.9 Å². The van der Waals surface area contributed by atoms with Crippen molar-refractivity contribution >= 4 is 11.6 Å². The summed E-state index contributed by atoms with van der Waals surface area (Å²) in [6.07, 6.45) is 6.72. The molecule has 0 amide bonds. The smallest absolute Gasteiger partial charge is 0.0178 e. The molecule has 0 radical (unpaired) electrons. The van der Waals surface area contributed by atoms with Gasteiger partial charge in [0.2, 0.25) is 0 Å². The molecule has 0 aliphatic rings. The minimum Gasteiger partial charge on any atom is -0.0892 e. The minimum atomic E-state index is 0.906. The first kappa shape index (κ1) is 12.4. The lowest BCUT2D eigenvalue weighted by molar-refractivity contribution is 1.19. The van der Waals surface area contributed by atoms with Crippen LogP contribution in [0.2, 0.25) is 0 Å². The quantitative estimate of drug-likeness (QED) is 0.533. The summed E-state index contributed by atoms with van der Waals surface area (Å²) < 4.78 is 0. The average molecular weight is 161 g/mol. The highest BCUT2D eigenvalue weighted by molar-refractivity contribution is 6.29. The number of allylic oxidation sites excluding steroid dienone is 4. The van der Waals surface area contributed by atoms with E-state index in [9.17, 15) is 0 Å². The van der Waals surface area contributed by atoms with E-state index in [1.54, 1.807) is 0 Å². The number of rotatable bonds is 2. The van der Waals surface area contributed by atoms with Crippen molar-refractivity contribution in [1.82, 2.24) is 0 Å². The van der Waals surface area contributed by atoms with E-state index in [2.05, 4.69) is 0 Å². The van der Waals surface area contributed by atoms with E-state index in [4.69, 9.17) is 11.6 Å². The average Bonchev–Trinajstić information content (AvgIpc) is 2.04. The van der Waals surface area contributed by atoms with Crippen LogP contribution in [0.15, 0.2) is 23.3 Å². The van der Waals surface area contributed by atoms with Crippen molar-refractivity contribution in [3.63, 3.8) is 0 Å². The molecule has 0 saturated carbocycles. The Balaban J connectivity index is 0. The summed E-state index contributed by atoms with van der Waals surface area (Å²) in [5, 5.41) is 0.906. The number of hydrogen-bond donors (Lipinski definition) is 0. The van der Waals surface area contributed by atoms with Crippen molar-refractivity contribution in [1.29, 1.82) is 0 Å². The standard InChI is InChI=1S/C7H11Cl.C2H6/c1-3-5-6-7(8)4-2;1-2/h3,5-6H,4H2,1-2H3;1-2H3/b5-3-,7-6+;. The van der Waals surface area contributed by atoms with Crippen LogP contribution < -0.4 is 0 Å². The molecular weight excluding hydrogens is 144 g/mol. The fourth-order valence-corrected chi connectivity index (χ4v) is 0.391. The lowest BCUT2D eigenvalue weighted by Gasteiger charge is -1.83. The van der Waals surface area contributed by atoms with Crippen LogP contribution in [0.1, 0.15) is 34.1 Å². The minimum absolute atomic E-state index is 0.906. The van der Waals surface area contributed by atoms with Crippen LogP contribution >= 0.6 is 11.6 Å². The molecule has 0 nitrogen and oxygen atoms in total. The van der Waals surface area contributed by atoms with Gasteiger partial charge in [-0.1, -0.05) is 44.5 Å². The van der Waals surface area contributed by atoms with E-state index in [0.29, 0.717) is 0 Å². The maximum Gasteiger partial charge on any atom is 0.0178 e. The van der Waals surface area contributed by atoms with Gasteiger partial charge in [-0.15, -0.1) is 0 Å². The van der Waals surface area contributed by atoms with Crippen LogP contribution in [-0.4, -0.2) is 0 Å². The molecule has 0 aromatic rings. The first-order valence-corrected chi connectivity index (χ1v) is 4.16. The first-order chi connectivity index (χ1) is 4.81. The molecule has 0 fully saturated rings. The molecule has 0 unspecified atom stereocenters. The normalized spacial score (nSPS) is 11.1. The fourth-order valence-electron chi connectivity index (χ4n) is 0.318. The Bertz CT molecular complexity index is 101. The molecule has 0 aliphatic carbocycles. The molecule has 0 saturated heterocycles. The summed E-state index contributed by atoms with van der Waals surface area (Å²) >= 11 is 5.65. The Labute approximate surface area is 69.6 Å². The van der Waals surface area contributed by atoms with Gasteiger partial charge in [0.25, 0.3) is 0 Å². The molecule has 0 aliphatic heterocycles. The molecule has 0 rings (SSSR count). The van der Waals surface area contributed by atoms with Crippen LogP contribution in [0.25, 0.3) is 0 Å². The SMILES string of the molecule is C/C=C\C=C(\Cl)CC.CC. The van der Waals surface area contributed by atoms with Crippen molar-refractivity contribution in [3.8, 4) is 0 Å². The number of halogens is 1. The summed E-state index contributed by atoms with van der Waals surface area (Å²) in [5.74, 6) is 0. The summed E-state index contributed by atoms with van der Waals surface area (Å²) in [6, 6.07) is 0. The van der Waals surface area contributed by atoms with Gasteiger partial charge in [0, 0.05) is 5.03 Å². The molecule has 0 aromatic carbocycles. The summed E-state index contributed by atoms with van der Waals surface area (Å²) in [6.45, 7) is 8.00. The van der Waals surface area contributed by atoms with Crippen molar-refractivity contribution < 1.29 is 0 Å². The molecular formula is C9H17Cl. The van der Waals surface area contributed by atoms with Crippen LogP contribution in [0, 0.1) is 0 Å². The van der Waals surface area contributed by atoms with Gasteiger partial charge >= 0.3 is 0 Å². The second-order valence-corrected chi connectivity index (χ2v) is 1.98. The highest BCUT2D eigenvalue weighted by Crippen LogP contribution is 2.04. The highest BCUT2D eigenvalue weighted by Gasteiger charge is 1.79. The van der Waals surface area contributed by atoms with Crippen molar-refractivity contribution in [2.75, 3.05) is 0 Å². The van der Waals surface area contributed by atoms with Gasteiger partial charge in [0.1, 0.15) is 0 Å². The molecule has 10 heavy (non-hydrogen) atoms. The molecule has 60 valence electrons. The van der Waals surface area contributed by atoms with E-state index in [1.165, 1.54) is 0 Å². The zero-order valence-electron chi connectivity index (χ0n) is 7.32. The lowest BCUT2D eigenvalue weighted by atomic mass is 10.4. The van der Waals surface area contributed by atoms with Crippen LogP contribution in [0.3, 0.4) is 0 Å². The van der Waals surface area contributed by atoms with Gasteiger partial charge in [-0.25, -0.2) is 0 Å². The van der Waals surface area contributed by atoms with Gasteiger partial charge in [0.05, 0.1) is 0 Å². The van der Waals surface area contributed by atoms with Crippen molar-refractivity contribution in [2.24, 2.45) is 0 Å². The zero-order valence-corrected chi connectivity index (χ0v) is 8.07. The topological polar surface area (TPSA) is 0 Å². The second-order valence-electron chi connectivity index (χ2n) is 1.49. The zero-order chi connectivity index (χ0) is 8.41. The molecule has 0 N–H and O–H groups in total. The van der Waals surface area contributed by atoms with Crippen LogP contribution in [-0.2, 0) is 0 Å². The first-order valence-electron chi connectivity index (χ1n) is 3.78. The van der Waals surface area contributed by atoms with Gasteiger partial charge in [-0.05, 0) is 19.4 Å². The summed E-state index contributed by atoms with van der Waals surface area (Å²) in [5.41, 5.74) is 0. The predicted octanol–water partition coefficient (Wildman–Crippen LogP) is 4.12. The summed E-state index contributed by atoms with van der Waals surface area (Å²) in [7, 11) is 0.